The quantitative estimate of drug-likeness (QED) is 0.758. The molecule has 4 N–H and O–H groups in total. The van der Waals surface area contributed by atoms with Gasteiger partial charge in [0.05, 0.1) is 24.5 Å². The molecule has 1 atom stereocenters. The van der Waals surface area contributed by atoms with Crippen LogP contribution in [0.25, 0.3) is 11.0 Å². The zero-order valence-corrected chi connectivity index (χ0v) is 8.95. The Bertz CT molecular complexity index is 454. The molecule has 1 aromatic heterocycles. The maximum atomic E-state index is 8.94. The van der Waals surface area contributed by atoms with E-state index < -0.39 is 0 Å². The van der Waals surface area contributed by atoms with Gasteiger partial charge in [0, 0.05) is 4.47 Å². The molecule has 2 aromatic rings. The molecule has 0 saturated carbocycles. The highest BCUT2D eigenvalue weighted by Gasteiger charge is 2.09. The van der Waals surface area contributed by atoms with Gasteiger partial charge in [-0.2, -0.15) is 0 Å². The molecule has 0 spiro atoms. The van der Waals surface area contributed by atoms with Gasteiger partial charge in [-0.05, 0) is 33.6 Å². The van der Waals surface area contributed by atoms with Crippen molar-refractivity contribution in [1.29, 1.82) is 0 Å². The van der Waals surface area contributed by atoms with Crippen LogP contribution in [0.3, 0.4) is 0 Å². The van der Waals surface area contributed by atoms with Crippen molar-refractivity contribution in [3.05, 3.63) is 28.5 Å². The van der Waals surface area contributed by atoms with E-state index in [1.165, 1.54) is 0 Å². The molecule has 1 aromatic carbocycles. The number of hydrogen-bond donors (Lipinski definition) is 3. The van der Waals surface area contributed by atoms with Gasteiger partial charge in [-0.1, -0.05) is 0 Å². The molecule has 14 heavy (non-hydrogen) atoms. The highest BCUT2D eigenvalue weighted by Crippen LogP contribution is 2.25. The summed E-state index contributed by atoms with van der Waals surface area (Å²) >= 11 is 3.40. The Kier molecular flexibility index (Phi) is 2.54. The molecule has 4 nitrogen and oxygen atoms in total. The van der Waals surface area contributed by atoms with Gasteiger partial charge in [-0.25, -0.2) is 4.98 Å². The van der Waals surface area contributed by atoms with Crippen molar-refractivity contribution < 1.29 is 5.11 Å². The fraction of sp³-hybridized carbons (Fsp3) is 0.222. The number of rotatable bonds is 2. The van der Waals surface area contributed by atoms with E-state index in [1.807, 2.05) is 12.1 Å². The fourth-order valence-electron chi connectivity index (χ4n) is 1.35. The molecule has 0 bridgehead atoms. The second kappa shape index (κ2) is 3.68. The molecule has 74 valence electrons. The van der Waals surface area contributed by atoms with E-state index in [0.717, 1.165) is 21.1 Å². The first kappa shape index (κ1) is 9.64. The number of aromatic nitrogens is 2. The Labute approximate surface area is 89.3 Å². The van der Waals surface area contributed by atoms with Crippen molar-refractivity contribution in [2.24, 2.45) is 5.73 Å². The van der Waals surface area contributed by atoms with E-state index in [4.69, 9.17) is 10.8 Å². The number of halogens is 1. The van der Waals surface area contributed by atoms with Crippen LogP contribution < -0.4 is 5.73 Å². The Morgan fingerprint density at radius 2 is 2.36 bits per heavy atom. The van der Waals surface area contributed by atoms with Crippen LogP contribution in [-0.4, -0.2) is 21.7 Å². The molecule has 0 aliphatic rings. The number of nitrogens with zero attached hydrogens (tertiary/aromatic N) is 1. The summed E-state index contributed by atoms with van der Waals surface area (Å²) in [7, 11) is 0. The smallest absolute Gasteiger partial charge is 0.102 e. The molecular weight excluding hydrogens is 246 g/mol. The van der Waals surface area contributed by atoms with Gasteiger partial charge in [-0.15, -0.1) is 0 Å². The van der Waals surface area contributed by atoms with Crippen molar-refractivity contribution in [2.45, 2.75) is 6.04 Å². The number of nitrogens with two attached hydrogens (primary N) is 1. The standard InChI is InChI=1S/C9H10BrN3O/c10-6-1-5(7(11)3-14)2-8-9(6)13-4-12-8/h1-2,4,7,14H,3,11H2,(H,12,13). The average molecular weight is 256 g/mol. The molecule has 2 rings (SSSR count). The van der Waals surface area contributed by atoms with Crippen LogP contribution in [0, 0.1) is 0 Å². The van der Waals surface area contributed by atoms with E-state index in [-0.39, 0.29) is 12.6 Å². The van der Waals surface area contributed by atoms with Crippen LogP contribution in [0.2, 0.25) is 0 Å². The predicted octanol–water partition coefficient (Wildman–Crippen LogP) is 1.32. The monoisotopic (exact) mass is 255 g/mol. The maximum Gasteiger partial charge on any atom is 0.102 e. The molecule has 0 fully saturated rings. The number of nitrogens with one attached hydrogen (secondary N) is 1. The summed E-state index contributed by atoms with van der Waals surface area (Å²) in [5.41, 5.74) is 8.39. The minimum atomic E-state index is -0.348. The zero-order valence-electron chi connectivity index (χ0n) is 7.37. The van der Waals surface area contributed by atoms with Crippen LogP contribution in [0.15, 0.2) is 22.9 Å². The minimum absolute atomic E-state index is 0.0634. The van der Waals surface area contributed by atoms with Crippen molar-refractivity contribution in [3.63, 3.8) is 0 Å². The maximum absolute atomic E-state index is 8.94. The van der Waals surface area contributed by atoms with Gasteiger partial charge in [-0.3, -0.25) is 0 Å². The largest absolute Gasteiger partial charge is 0.394 e. The highest BCUT2D eigenvalue weighted by atomic mass is 79.9. The van der Waals surface area contributed by atoms with Gasteiger partial charge in [0.25, 0.3) is 0 Å². The van der Waals surface area contributed by atoms with E-state index in [0.29, 0.717) is 0 Å². The number of fused-ring (bicyclic) bond motifs is 1. The zero-order chi connectivity index (χ0) is 10.1. The second-order valence-corrected chi connectivity index (χ2v) is 3.94. The van der Waals surface area contributed by atoms with Crippen LogP contribution in [0.4, 0.5) is 0 Å². The molecule has 0 amide bonds. The Morgan fingerprint density at radius 3 is 3.07 bits per heavy atom. The lowest BCUT2D eigenvalue weighted by molar-refractivity contribution is 0.268. The van der Waals surface area contributed by atoms with Crippen molar-refractivity contribution >= 4 is 27.0 Å². The first-order valence-electron chi connectivity index (χ1n) is 4.21. The summed E-state index contributed by atoms with van der Waals surface area (Å²) in [6.45, 7) is -0.0634. The molecule has 1 unspecified atom stereocenters. The first-order chi connectivity index (χ1) is 6.72. The first-order valence-corrected chi connectivity index (χ1v) is 5.00. The molecule has 1 heterocycles. The Hall–Kier alpha value is -0.910. The van der Waals surface area contributed by atoms with Gasteiger partial charge >= 0.3 is 0 Å². The third kappa shape index (κ3) is 1.54. The van der Waals surface area contributed by atoms with E-state index in [9.17, 15) is 0 Å². The number of hydrogen-bond acceptors (Lipinski definition) is 3. The molecule has 0 aliphatic carbocycles. The number of aliphatic hydroxyl groups is 1. The number of H-pyrrole nitrogens is 1. The van der Waals surface area contributed by atoms with Crippen LogP contribution in [0.1, 0.15) is 11.6 Å². The van der Waals surface area contributed by atoms with Gasteiger partial charge in [0.15, 0.2) is 0 Å². The topological polar surface area (TPSA) is 74.9 Å². The number of imidazole rings is 1. The van der Waals surface area contributed by atoms with E-state index in [1.54, 1.807) is 6.33 Å². The lowest BCUT2D eigenvalue weighted by Gasteiger charge is -2.08. The Balaban J connectivity index is 2.58. The summed E-state index contributed by atoms with van der Waals surface area (Å²) in [5, 5.41) is 8.94. The summed E-state index contributed by atoms with van der Waals surface area (Å²) in [6.07, 6.45) is 1.63. The molecule has 0 aliphatic heterocycles. The third-order valence-electron chi connectivity index (χ3n) is 2.12. The summed E-state index contributed by atoms with van der Waals surface area (Å²) in [5.74, 6) is 0. The number of aromatic amines is 1. The van der Waals surface area contributed by atoms with Gasteiger partial charge in [0.1, 0.15) is 5.52 Å². The molecule has 5 heteroatoms. The normalized spacial score (nSPS) is 13.4. The fourth-order valence-corrected chi connectivity index (χ4v) is 1.93. The predicted molar refractivity (Wildman–Crippen MR) is 57.8 cm³/mol. The minimum Gasteiger partial charge on any atom is -0.394 e. The SMILES string of the molecule is NC(CO)c1cc(Br)c2nc[nH]c2c1. The summed E-state index contributed by atoms with van der Waals surface area (Å²) in [4.78, 5) is 7.14. The van der Waals surface area contributed by atoms with E-state index in [2.05, 4.69) is 25.9 Å². The lowest BCUT2D eigenvalue weighted by Crippen LogP contribution is -2.14. The highest BCUT2D eigenvalue weighted by molar-refractivity contribution is 9.10. The van der Waals surface area contributed by atoms with Gasteiger partial charge in [0.2, 0.25) is 0 Å². The summed E-state index contributed by atoms with van der Waals surface area (Å²) in [6, 6.07) is 3.43. The Morgan fingerprint density at radius 1 is 1.57 bits per heavy atom. The van der Waals surface area contributed by atoms with Crippen LogP contribution in [0.5, 0.6) is 0 Å². The number of aliphatic hydroxyl groups excluding tert-OH is 1. The molecule has 0 saturated heterocycles. The summed E-state index contributed by atoms with van der Waals surface area (Å²) < 4.78 is 0.884. The van der Waals surface area contributed by atoms with Crippen molar-refractivity contribution in [2.75, 3.05) is 6.61 Å². The van der Waals surface area contributed by atoms with Crippen molar-refractivity contribution in [3.8, 4) is 0 Å². The van der Waals surface area contributed by atoms with Gasteiger partial charge < -0.3 is 15.8 Å². The molecule has 0 radical (unpaired) electrons. The van der Waals surface area contributed by atoms with Crippen LogP contribution >= 0.6 is 15.9 Å². The van der Waals surface area contributed by atoms with Crippen LogP contribution in [-0.2, 0) is 0 Å². The lowest BCUT2D eigenvalue weighted by atomic mass is 10.1. The average Bonchev–Trinajstić information content (AvgIpc) is 2.64. The molecular formula is C9H10BrN3O. The van der Waals surface area contributed by atoms with E-state index >= 15 is 0 Å². The number of benzene rings is 1. The van der Waals surface area contributed by atoms with Crippen molar-refractivity contribution in [1.82, 2.24) is 9.97 Å². The second-order valence-electron chi connectivity index (χ2n) is 3.09. The third-order valence-corrected chi connectivity index (χ3v) is 2.73.